The van der Waals surface area contributed by atoms with Crippen molar-refractivity contribution in [2.75, 3.05) is 19.6 Å². The molecule has 0 aliphatic carbocycles. The molecule has 0 saturated carbocycles. The van der Waals surface area contributed by atoms with E-state index < -0.39 is 0 Å². The topological polar surface area (TPSA) is 83.7 Å². The minimum atomic E-state index is -0.297. The van der Waals surface area contributed by atoms with Crippen molar-refractivity contribution in [1.29, 1.82) is 0 Å². The Bertz CT molecular complexity index is 416. The summed E-state index contributed by atoms with van der Waals surface area (Å²) in [5, 5.41) is 0. The Balaban J connectivity index is 1.93. The van der Waals surface area contributed by atoms with E-state index >= 15 is 0 Å². The van der Waals surface area contributed by atoms with Gasteiger partial charge in [-0.25, -0.2) is 0 Å². The average Bonchev–Trinajstić information content (AvgIpc) is 2.96. The van der Waals surface area contributed by atoms with E-state index in [2.05, 4.69) is 0 Å². The standard InChI is InChI=1S/C15H25N3O3/c1-2-4-13(19)18-8-3-5-12(18)15(21)17-9-6-11(7-10-17)14(16)20/h11-12H,2-10H2,1H3,(H2,16,20). The molecule has 0 aromatic rings. The van der Waals surface area contributed by atoms with Gasteiger partial charge in [-0.05, 0) is 32.1 Å². The summed E-state index contributed by atoms with van der Waals surface area (Å²) in [5.41, 5.74) is 5.31. The Morgan fingerprint density at radius 3 is 2.33 bits per heavy atom. The molecule has 3 amide bonds. The molecule has 2 N–H and O–H groups in total. The first-order chi connectivity index (χ1) is 10.0. The minimum Gasteiger partial charge on any atom is -0.369 e. The maximum absolute atomic E-state index is 12.6. The molecular weight excluding hydrogens is 270 g/mol. The third-order valence-electron chi connectivity index (χ3n) is 4.53. The molecule has 2 saturated heterocycles. The summed E-state index contributed by atoms with van der Waals surface area (Å²) in [6.07, 6.45) is 4.23. The Morgan fingerprint density at radius 2 is 1.76 bits per heavy atom. The van der Waals surface area contributed by atoms with E-state index in [4.69, 9.17) is 5.73 Å². The van der Waals surface area contributed by atoms with Crippen LogP contribution in [0.4, 0.5) is 0 Å². The summed E-state index contributed by atoms with van der Waals surface area (Å²) < 4.78 is 0. The molecule has 6 nitrogen and oxygen atoms in total. The number of hydrogen-bond acceptors (Lipinski definition) is 3. The van der Waals surface area contributed by atoms with E-state index in [1.54, 1.807) is 9.80 Å². The van der Waals surface area contributed by atoms with E-state index in [0.717, 1.165) is 19.3 Å². The van der Waals surface area contributed by atoms with Crippen molar-refractivity contribution in [1.82, 2.24) is 9.80 Å². The number of carbonyl (C=O) groups excluding carboxylic acids is 3. The second-order valence-corrected chi connectivity index (χ2v) is 6.00. The van der Waals surface area contributed by atoms with Crippen molar-refractivity contribution < 1.29 is 14.4 Å². The van der Waals surface area contributed by atoms with Crippen molar-refractivity contribution in [3.63, 3.8) is 0 Å². The first-order valence-corrected chi connectivity index (χ1v) is 7.92. The van der Waals surface area contributed by atoms with E-state index in [0.29, 0.717) is 38.9 Å². The number of likely N-dealkylation sites (tertiary alicyclic amines) is 2. The highest BCUT2D eigenvalue weighted by Crippen LogP contribution is 2.24. The summed E-state index contributed by atoms with van der Waals surface area (Å²) in [6, 6.07) is -0.297. The van der Waals surface area contributed by atoms with E-state index in [-0.39, 0.29) is 29.7 Å². The van der Waals surface area contributed by atoms with Crippen LogP contribution in [0, 0.1) is 5.92 Å². The molecule has 1 atom stereocenters. The molecule has 0 aromatic carbocycles. The molecular formula is C15H25N3O3. The van der Waals surface area contributed by atoms with Gasteiger partial charge in [-0.15, -0.1) is 0 Å². The largest absolute Gasteiger partial charge is 0.369 e. The number of amides is 3. The first kappa shape index (κ1) is 15.8. The lowest BCUT2D eigenvalue weighted by Crippen LogP contribution is -2.50. The fourth-order valence-electron chi connectivity index (χ4n) is 3.27. The zero-order valence-corrected chi connectivity index (χ0v) is 12.7. The zero-order valence-electron chi connectivity index (χ0n) is 12.7. The lowest BCUT2D eigenvalue weighted by Gasteiger charge is -2.34. The van der Waals surface area contributed by atoms with Gasteiger partial charge < -0.3 is 15.5 Å². The third kappa shape index (κ3) is 3.54. The Labute approximate surface area is 125 Å². The van der Waals surface area contributed by atoms with E-state index in [1.807, 2.05) is 6.92 Å². The summed E-state index contributed by atoms with van der Waals surface area (Å²) in [6.45, 7) is 3.80. The van der Waals surface area contributed by atoms with Crippen molar-refractivity contribution in [2.24, 2.45) is 11.7 Å². The van der Waals surface area contributed by atoms with Crippen LogP contribution in [0.3, 0.4) is 0 Å². The lowest BCUT2D eigenvalue weighted by molar-refractivity contribution is -0.145. The second kappa shape index (κ2) is 6.91. The van der Waals surface area contributed by atoms with Crippen molar-refractivity contribution in [2.45, 2.75) is 51.5 Å². The van der Waals surface area contributed by atoms with Crippen LogP contribution in [-0.2, 0) is 14.4 Å². The van der Waals surface area contributed by atoms with E-state index in [1.165, 1.54) is 0 Å². The maximum Gasteiger partial charge on any atom is 0.245 e. The van der Waals surface area contributed by atoms with E-state index in [9.17, 15) is 14.4 Å². The Morgan fingerprint density at radius 1 is 1.10 bits per heavy atom. The summed E-state index contributed by atoms with van der Waals surface area (Å²) >= 11 is 0. The van der Waals surface area contributed by atoms with Gasteiger partial charge >= 0.3 is 0 Å². The highest BCUT2D eigenvalue weighted by atomic mass is 16.2. The van der Waals surface area contributed by atoms with Crippen LogP contribution < -0.4 is 5.73 Å². The van der Waals surface area contributed by atoms with Gasteiger partial charge in [-0.2, -0.15) is 0 Å². The molecule has 21 heavy (non-hydrogen) atoms. The third-order valence-corrected chi connectivity index (χ3v) is 4.53. The molecule has 2 aliphatic heterocycles. The van der Waals surface area contributed by atoms with Crippen LogP contribution in [0.2, 0.25) is 0 Å². The van der Waals surface area contributed by atoms with Gasteiger partial charge in [0.1, 0.15) is 6.04 Å². The van der Waals surface area contributed by atoms with Crippen molar-refractivity contribution >= 4 is 17.7 Å². The molecule has 0 radical (unpaired) electrons. The summed E-state index contributed by atoms with van der Waals surface area (Å²) in [4.78, 5) is 39.4. The predicted molar refractivity (Wildman–Crippen MR) is 78.1 cm³/mol. The molecule has 2 fully saturated rings. The number of rotatable bonds is 4. The maximum atomic E-state index is 12.6. The number of primary amides is 1. The first-order valence-electron chi connectivity index (χ1n) is 7.92. The van der Waals surface area contributed by atoms with Crippen LogP contribution >= 0.6 is 0 Å². The van der Waals surface area contributed by atoms with Gasteiger partial charge in [0.25, 0.3) is 0 Å². The summed E-state index contributed by atoms with van der Waals surface area (Å²) in [7, 11) is 0. The molecule has 118 valence electrons. The Kier molecular flexibility index (Phi) is 5.20. The van der Waals surface area contributed by atoms with Crippen molar-refractivity contribution in [3.8, 4) is 0 Å². The molecule has 0 aromatic heterocycles. The molecule has 2 aliphatic rings. The number of piperidine rings is 1. The quantitative estimate of drug-likeness (QED) is 0.820. The highest BCUT2D eigenvalue weighted by molar-refractivity contribution is 5.88. The number of nitrogens with zero attached hydrogens (tertiary/aromatic N) is 2. The SMILES string of the molecule is CCCC(=O)N1CCCC1C(=O)N1CCC(C(N)=O)CC1. The fraction of sp³-hybridized carbons (Fsp3) is 0.800. The smallest absolute Gasteiger partial charge is 0.245 e. The molecule has 0 bridgehead atoms. The molecule has 0 spiro atoms. The second-order valence-electron chi connectivity index (χ2n) is 6.00. The fourth-order valence-corrected chi connectivity index (χ4v) is 3.27. The Hall–Kier alpha value is -1.59. The molecule has 2 heterocycles. The average molecular weight is 295 g/mol. The zero-order chi connectivity index (χ0) is 15.4. The lowest BCUT2D eigenvalue weighted by atomic mass is 9.95. The van der Waals surface area contributed by atoms with Crippen LogP contribution in [0.15, 0.2) is 0 Å². The summed E-state index contributed by atoms with van der Waals surface area (Å²) in [5.74, 6) is -0.265. The van der Waals surface area contributed by atoms with Gasteiger partial charge in [0.2, 0.25) is 17.7 Å². The van der Waals surface area contributed by atoms with Crippen molar-refractivity contribution in [3.05, 3.63) is 0 Å². The number of carbonyl (C=O) groups is 3. The highest BCUT2D eigenvalue weighted by Gasteiger charge is 2.37. The molecule has 2 rings (SSSR count). The molecule has 6 heteroatoms. The van der Waals surface area contributed by atoms with Gasteiger partial charge in [-0.3, -0.25) is 14.4 Å². The number of hydrogen-bond donors (Lipinski definition) is 1. The van der Waals surface area contributed by atoms with Crippen LogP contribution in [0.5, 0.6) is 0 Å². The number of nitrogens with two attached hydrogens (primary N) is 1. The van der Waals surface area contributed by atoms with Gasteiger partial charge in [-0.1, -0.05) is 6.92 Å². The van der Waals surface area contributed by atoms with Crippen LogP contribution in [-0.4, -0.2) is 53.2 Å². The van der Waals surface area contributed by atoms with Crippen LogP contribution in [0.1, 0.15) is 45.4 Å². The van der Waals surface area contributed by atoms with Gasteiger partial charge in [0.15, 0.2) is 0 Å². The normalized spacial score (nSPS) is 23.4. The van der Waals surface area contributed by atoms with Gasteiger partial charge in [0.05, 0.1) is 0 Å². The monoisotopic (exact) mass is 295 g/mol. The van der Waals surface area contributed by atoms with Gasteiger partial charge in [0, 0.05) is 32.0 Å². The predicted octanol–water partition coefficient (Wildman–Crippen LogP) is 0.501. The van der Waals surface area contributed by atoms with Crippen LogP contribution in [0.25, 0.3) is 0 Å². The molecule has 1 unspecified atom stereocenters. The minimum absolute atomic E-state index is 0.0415.